The van der Waals surface area contributed by atoms with Crippen molar-refractivity contribution in [1.82, 2.24) is 10.1 Å². The predicted octanol–water partition coefficient (Wildman–Crippen LogP) is 11.4. The van der Waals surface area contributed by atoms with Crippen LogP contribution in [-0.4, -0.2) is 16.0 Å². The van der Waals surface area contributed by atoms with E-state index in [0.29, 0.717) is 17.3 Å². The second kappa shape index (κ2) is 19.9. The van der Waals surface area contributed by atoms with Crippen LogP contribution in [0.3, 0.4) is 0 Å². The lowest BCUT2D eigenvalue weighted by Crippen LogP contribution is -2.16. The molecule has 0 aliphatic heterocycles. The number of hydrogen-bond donors (Lipinski definition) is 1. The number of aromatic nitrogens is 2. The summed E-state index contributed by atoms with van der Waals surface area (Å²) in [6.07, 6.45) is 18.7. The molecule has 0 saturated carbocycles. The van der Waals surface area contributed by atoms with E-state index in [1.807, 2.05) is 19.1 Å². The third-order valence-electron chi connectivity index (χ3n) is 7.47. The maximum Gasteiger partial charge on any atom is 0.267 e. The summed E-state index contributed by atoms with van der Waals surface area (Å²) in [7, 11) is 0. The summed E-state index contributed by atoms with van der Waals surface area (Å²) < 4.78 is 11.7. The first-order valence-electron chi connectivity index (χ1n) is 15.9. The first-order valence-corrected chi connectivity index (χ1v) is 17.1. The number of rotatable bonds is 21. The summed E-state index contributed by atoms with van der Waals surface area (Å²) in [5, 5.41) is 7.53. The lowest BCUT2D eigenvalue weighted by atomic mass is 10.0. The third-order valence-corrected chi connectivity index (χ3v) is 8.28. The highest BCUT2D eigenvalue weighted by atomic mass is 35.5. The maximum absolute atomic E-state index is 12.6. The number of unbranched alkanes of at least 4 members (excludes halogenated alkanes) is 12. The van der Waals surface area contributed by atoms with Crippen molar-refractivity contribution in [3.63, 3.8) is 0 Å². The van der Waals surface area contributed by atoms with Crippen LogP contribution < -0.4 is 10.1 Å². The number of nitrogens with one attached hydrogen (secondary N) is 1. The fourth-order valence-electron chi connectivity index (χ4n) is 5.05. The minimum Gasteiger partial charge on any atom is -0.481 e. The van der Waals surface area contributed by atoms with Gasteiger partial charge in [-0.15, -0.1) is 0 Å². The molecule has 43 heavy (non-hydrogen) atoms. The Morgan fingerprint density at radius 3 is 2.07 bits per heavy atom. The van der Waals surface area contributed by atoms with E-state index in [9.17, 15) is 4.79 Å². The van der Waals surface area contributed by atoms with E-state index in [0.717, 1.165) is 12.2 Å². The molecule has 3 rings (SSSR count). The summed E-state index contributed by atoms with van der Waals surface area (Å²) in [6.45, 7) is 4.26. The largest absolute Gasteiger partial charge is 0.481 e. The van der Waals surface area contributed by atoms with Crippen molar-refractivity contribution < 1.29 is 14.1 Å². The van der Waals surface area contributed by atoms with Crippen LogP contribution in [0.5, 0.6) is 5.75 Å². The van der Waals surface area contributed by atoms with Crippen LogP contribution in [0.1, 0.15) is 127 Å². The maximum atomic E-state index is 12.6. The predicted molar refractivity (Wildman–Crippen MR) is 178 cm³/mol. The molecular weight excluding hydrogens is 605 g/mol. The zero-order valence-corrected chi connectivity index (χ0v) is 27.9. The minimum absolute atomic E-state index is 0.107. The molecule has 1 heterocycles. The Morgan fingerprint density at radius 1 is 0.860 bits per heavy atom. The number of hydrogen-bond acceptors (Lipinski definition) is 5. The normalized spacial score (nSPS) is 11.9. The summed E-state index contributed by atoms with van der Waals surface area (Å²) >= 11 is 18.3. The average molecular weight is 651 g/mol. The molecule has 0 saturated heterocycles. The van der Waals surface area contributed by atoms with E-state index in [2.05, 4.69) is 34.5 Å². The highest BCUT2D eigenvalue weighted by molar-refractivity contribution is 6.42. The summed E-state index contributed by atoms with van der Waals surface area (Å²) in [5.41, 5.74) is 1.55. The Hall–Kier alpha value is -2.28. The Labute approximate surface area is 272 Å². The van der Waals surface area contributed by atoms with Crippen molar-refractivity contribution >= 4 is 46.4 Å². The van der Waals surface area contributed by atoms with Gasteiger partial charge in [-0.1, -0.05) is 143 Å². The van der Waals surface area contributed by atoms with Crippen LogP contribution in [0.15, 0.2) is 40.9 Å². The molecule has 1 atom stereocenters. The Bertz CT molecular complexity index is 1230. The molecule has 2 aromatic carbocycles. The number of anilines is 1. The second-order valence-electron chi connectivity index (χ2n) is 11.2. The minimum atomic E-state index is -0.420. The van der Waals surface area contributed by atoms with Crippen molar-refractivity contribution in [2.45, 2.75) is 123 Å². The highest BCUT2D eigenvalue weighted by Gasteiger charge is 2.21. The van der Waals surface area contributed by atoms with Gasteiger partial charge in [-0.2, -0.15) is 4.98 Å². The van der Waals surface area contributed by atoms with Crippen LogP contribution in [0, 0.1) is 0 Å². The van der Waals surface area contributed by atoms with E-state index in [1.54, 1.807) is 0 Å². The van der Waals surface area contributed by atoms with Crippen molar-refractivity contribution in [3.8, 4) is 5.75 Å². The Kier molecular flexibility index (Phi) is 16.3. The molecule has 0 fully saturated rings. The number of ether oxygens (including phenoxy) is 1. The number of halogens is 3. The molecule has 1 aromatic heterocycles. The summed E-state index contributed by atoms with van der Waals surface area (Å²) in [5.74, 6) is 0.957. The smallest absolute Gasteiger partial charge is 0.267 e. The number of carbonyl (C=O) groups is 1. The third kappa shape index (κ3) is 13.1. The van der Waals surface area contributed by atoms with Crippen LogP contribution >= 0.6 is 34.8 Å². The molecule has 6 nitrogen and oxygen atoms in total. The lowest BCUT2D eigenvalue weighted by molar-refractivity contribution is -0.115. The molecular formula is C34H46Cl3N3O3. The van der Waals surface area contributed by atoms with E-state index < -0.39 is 6.10 Å². The van der Waals surface area contributed by atoms with Gasteiger partial charge in [-0.25, -0.2) is 0 Å². The Morgan fingerprint density at radius 2 is 1.47 bits per heavy atom. The first-order chi connectivity index (χ1) is 20.9. The van der Waals surface area contributed by atoms with Crippen molar-refractivity contribution in [2.24, 2.45) is 0 Å². The fourth-order valence-corrected chi connectivity index (χ4v) is 5.96. The van der Waals surface area contributed by atoms with Crippen molar-refractivity contribution in [3.05, 3.63) is 68.7 Å². The van der Waals surface area contributed by atoms with E-state index >= 15 is 0 Å². The van der Waals surface area contributed by atoms with Gasteiger partial charge in [0.2, 0.25) is 5.91 Å². The molecule has 0 radical (unpaired) electrons. The molecule has 236 valence electrons. The number of amides is 1. The SMILES string of the molecule is CCCCCCCCCCCCCCCc1cccc(OC(CC)c2nc(CC(=O)Nc3c(Cl)cc(Cl)cc3Cl)no2)c1. The fraction of sp³-hybridized carbons (Fsp3) is 0.559. The van der Waals surface area contributed by atoms with Gasteiger partial charge >= 0.3 is 0 Å². The molecule has 0 bridgehead atoms. The van der Waals surface area contributed by atoms with Gasteiger partial charge in [-0.3, -0.25) is 4.79 Å². The van der Waals surface area contributed by atoms with Gasteiger partial charge in [-0.05, 0) is 49.1 Å². The highest BCUT2D eigenvalue weighted by Crippen LogP contribution is 2.34. The van der Waals surface area contributed by atoms with E-state index in [4.69, 9.17) is 44.1 Å². The first kappa shape index (κ1) is 35.2. The van der Waals surface area contributed by atoms with Gasteiger partial charge in [0.1, 0.15) is 5.75 Å². The molecule has 1 unspecified atom stereocenters. The Balaban J connectivity index is 1.37. The quantitative estimate of drug-likeness (QED) is 0.116. The standard InChI is InChI=1S/C34H46Cl3N3O3/c1-3-5-6-7-8-9-10-11-12-13-14-15-16-18-25-19-17-20-27(21-25)42-30(4-2)34-38-31(40-43-34)24-32(41)39-33-28(36)22-26(35)23-29(33)37/h17,19-23,30H,3-16,18,24H2,1-2H3,(H,39,41). The molecule has 3 aromatic rings. The van der Waals surface area contributed by atoms with Crippen LogP contribution in [0.25, 0.3) is 0 Å². The average Bonchev–Trinajstić information content (AvgIpc) is 3.44. The van der Waals surface area contributed by atoms with Crippen LogP contribution in [0.4, 0.5) is 5.69 Å². The zero-order chi connectivity index (χ0) is 30.9. The van der Waals surface area contributed by atoms with Crippen molar-refractivity contribution in [1.29, 1.82) is 0 Å². The summed E-state index contributed by atoms with van der Waals surface area (Å²) in [4.78, 5) is 17.0. The number of nitrogens with zero attached hydrogens (tertiary/aromatic N) is 2. The molecule has 9 heteroatoms. The molecule has 1 amide bonds. The monoisotopic (exact) mass is 649 g/mol. The number of benzene rings is 2. The van der Waals surface area contributed by atoms with Crippen LogP contribution in [0.2, 0.25) is 15.1 Å². The van der Waals surface area contributed by atoms with E-state index in [1.165, 1.54) is 101 Å². The van der Waals surface area contributed by atoms with Gasteiger partial charge < -0.3 is 14.6 Å². The van der Waals surface area contributed by atoms with E-state index in [-0.39, 0.29) is 33.9 Å². The number of aryl methyl sites for hydroxylation is 1. The van der Waals surface area contributed by atoms with Crippen LogP contribution in [-0.2, 0) is 17.6 Å². The second-order valence-corrected chi connectivity index (χ2v) is 12.4. The molecule has 0 spiro atoms. The number of carbonyl (C=O) groups excluding carboxylic acids is 1. The van der Waals surface area contributed by atoms with Gasteiger partial charge in [0, 0.05) is 5.02 Å². The van der Waals surface area contributed by atoms with Gasteiger partial charge in [0.15, 0.2) is 11.9 Å². The molecule has 1 N–H and O–H groups in total. The summed E-state index contributed by atoms with van der Waals surface area (Å²) in [6, 6.07) is 11.2. The van der Waals surface area contributed by atoms with Crippen molar-refractivity contribution in [2.75, 3.05) is 5.32 Å². The molecule has 0 aliphatic rings. The van der Waals surface area contributed by atoms with Gasteiger partial charge in [0.25, 0.3) is 5.89 Å². The lowest BCUT2D eigenvalue weighted by Gasteiger charge is -2.14. The van der Waals surface area contributed by atoms with Gasteiger partial charge in [0.05, 0.1) is 22.2 Å². The topological polar surface area (TPSA) is 77.2 Å². The molecule has 0 aliphatic carbocycles. The zero-order valence-electron chi connectivity index (χ0n) is 25.6.